The van der Waals surface area contributed by atoms with Gasteiger partial charge in [-0.2, -0.15) is 0 Å². The Labute approximate surface area is 93.1 Å². The molecule has 0 aliphatic carbocycles. The maximum Gasteiger partial charge on any atom is 0.0158 e. The molecule has 0 fully saturated rings. The van der Waals surface area contributed by atoms with Gasteiger partial charge in [0.1, 0.15) is 0 Å². The van der Waals surface area contributed by atoms with Crippen molar-refractivity contribution in [3.8, 4) is 0 Å². The van der Waals surface area contributed by atoms with Crippen LogP contribution in [0.25, 0.3) is 10.8 Å². The van der Waals surface area contributed by atoms with Gasteiger partial charge in [0.15, 0.2) is 0 Å². The van der Waals surface area contributed by atoms with Crippen molar-refractivity contribution in [1.29, 1.82) is 0 Å². The van der Waals surface area contributed by atoms with Crippen LogP contribution in [0.5, 0.6) is 0 Å². The zero-order valence-corrected chi connectivity index (χ0v) is 9.79. The molecule has 0 N–H and O–H groups in total. The highest BCUT2D eigenvalue weighted by Crippen LogP contribution is 2.21. The summed E-state index contributed by atoms with van der Waals surface area (Å²) in [5, 5.41) is 2.71. The number of rotatable bonds is 2. The molecule has 0 spiro atoms. The quantitative estimate of drug-likeness (QED) is 0.701. The van der Waals surface area contributed by atoms with Crippen molar-refractivity contribution in [2.45, 2.75) is 18.2 Å². The second kappa shape index (κ2) is 4.14. The van der Waals surface area contributed by atoms with E-state index in [-0.39, 0.29) is 0 Å². The van der Waals surface area contributed by atoms with Crippen molar-refractivity contribution in [2.75, 3.05) is 0 Å². The van der Waals surface area contributed by atoms with E-state index in [2.05, 4.69) is 65.3 Å². The van der Waals surface area contributed by atoms with Crippen LogP contribution in [-0.4, -0.2) is 4.83 Å². The molecule has 1 unspecified atom stereocenters. The van der Waals surface area contributed by atoms with Gasteiger partial charge in [-0.25, -0.2) is 0 Å². The zero-order valence-electron chi connectivity index (χ0n) is 8.20. The van der Waals surface area contributed by atoms with E-state index >= 15 is 0 Å². The zero-order chi connectivity index (χ0) is 9.97. The average molecular weight is 249 g/mol. The fourth-order valence-corrected chi connectivity index (χ4v) is 2.12. The molecule has 0 saturated heterocycles. The fraction of sp³-hybridized carbons (Fsp3) is 0.231. The molecule has 0 aliphatic rings. The van der Waals surface area contributed by atoms with Crippen LogP contribution in [-0.2, 0) is 6.42 Å². The van der Waals surface area contributed by atoms with Crippen LogP contribution >= 0.6 is 15.9 Å². The van der Waals surface area contributed by atoms with Crippen LogP contribution < -0.4 is 0 Å². The minimum atomic E-state index is 0.535. The van der Waals surface area contributed by atoms with Gasteiger partial charge in [0.05, 0.1) is 0 Å². The van der Waals surface area contributed by atoms with E-state index in [0.29, 0.717) is 4.83 Å². The maximum absolute atomic E-state index is 3.60. The highest BCUT2D eigenvalue weighted by atomic mass is 79.9. The number of alkyl halides is 1. The van der Waals surface area contributed by atoms with Crippen molar-refractivity contribution in [3.63, 3.8) is 0 Å². The lowest BCUT2D eigenvalue weighted by Gasteiger charge is -2.07. The molecule has 0 aliphatic heterocycles. The number of halogens is 1. The second-order valence-electron chi connectivity index (χ2n) is 3.62. The molecule has 0 radical (unpaired) electrons. The highest BCUT2D eigenvalue weighted by Gasteiger charge is 2.02. The van der Waals surface area contributed by atoms with Crippen LogP contribution in [0.15, 0.2) is 42.5 Å². The topological polar surface area (TPSA) is 0 Å². The van der Waals surface area contributed by atoms with Crippen molar-refractivity contribution < 1.29 is 0 Å². The number of hydrogen-bond donors (Lipinski definition) is 0. The van der Waals surface area contributed by atoms with Crippen molar-refractivity contribution in [1.82, 2.24) is 0 Å². The van der Waals surface area contributed by atoms with E-state index in [4.69, 9.17) is 0 Å². The molecule has 0 heterocycles. The molecule has 2 aromatic rings. The second-order valence-corrected chi connectivity index (χ2v) is 5.19. The Hall–Kier alpha value is -0.820. The highest BCUT2D eigenvalue weighted by molar-refractivity contribution is 9.09. The summed E-state index contributed by atoms with van der Waals surface area (Å²) in [7, 11) is 0. The van der Waals surface area contributed by atoms with Gasteiger partial charge in [-0.15, -0.1) is 0 Å². The molecule has 14 heavy (non-hydrogen) atoms. The van der Waals surface area contributed by atoms with Gasteiger partial charge in [0.25, 0.3) is 0 Å². The Balaban J connectivity index is 2.53. The molecule has 1 atom stereocenters. The Morgan fingerprint density at radius 2 is 1.79 bits per heavy atom. The van der Waals surface area contributed by atoms with Crippen LogP contribution in [0.4, 0.5) is 0 Å². The van der Waals surface area contributed by atoms with E-state index in [1.807, 2.05) is 0 Å². The summed E-state index contributed by atoms with van der Waals surface area (Å²) in [6.07, 6.45) is 1.08. The normalized spacial score (nSPS) is 13.0. The van der Waals surface area contributed by atoms with Crippen molar-refractivity contribution in [2.24, 2.45) is 0 Å². The third-order valence-electron chi connectivity index (χ3n) is 2.38. The number of fused-ring (bicyclic) bond motifs is 1. The van der Waals surface area contributed by atoms with Crippen LogP contribution in [0, 0.1) is 0 Å². The largest absolute Gasteiger partial charge is 0.0890 e. The van der Waals surface area contributed by atoms with Gasteiger partial charge < -0.3 is 0 Å². The summed E-state index contributed by atoms with van der Waals surface area (Å²) < 4.78 is 0. The molecule has 0 bridgehead atoms. The standard InChI is InChI=1S/C13H13Br/c1-10(14)9-12-7-4-6-11-5-2-3-8-13(11)12/h2-8,10H,9H2,1H3. The molecule has 0 amide bonds. The third kappa shape index (κ3) is 1.98. The summed E-state index contributed by atoms with van der Waals surface area (Å²) in [5.74, 6) is 0. The van der Waals surface area contributed by atoms with E-state index in [1.165, 1.54) is 16.3 Å². The molecule has 2 rings (SSSR count). The minimum absolute atomic E-state index is 0.535. The molecular formula is C13H13Br. The van der Waals surface area contributed by atoms with Gasteiger partial charge in [0.2, 0.25) is 0 Å². The van der Waals surface area contributed by atoms with E-state index in [1.54, 1.807) is 0 Å². The minimum Gasteiger partial charge on any atom is -0.0890 e. The van der Waals surface area contributed by atoms with Gasteiger partial charge in [0, 0.05) is 4.83 Å². The van der Waals surface area contributed by atoms with Gasteiger partial charge in [-0.3, -0.25) is 0 Å². The monoisotopic (exact) mass is 248 g/mol. The Morgan fingerprint density at radius 3 is 2.57 bits per heavy atom. The first-order valence-electron chi connectivity index (χ1n) is 4.88. The summed E-state index contributed by atoms with van der Waals surface area (Å²) in [5.41, 5.74) is 1.42. The van der Waals surface area contributed by atoms with Crippen LogP contribution in [0.3, 0.4) is 0 Å². The first kappa shape index (κ1) is 9.72. The molecule has 72 valence electrons. The lowest BCUT2D eigenvalue weighted by Crippen LogP contribution is -1.96. The summed E-state index contributed by atoms with van der Waals surface area (Å²) in [6, 6.07) is 15.1. The third-order valence-corrected chi connectivity index (χ3v) is 2.70. The Morgan fingerprint density at radius 1 is 1.07 bits per heavy atom. The van der Waals surface area contributed by atoms with Gasteiger partial charge in [-0.1, -0.05) is 65.3 Å². The molecule has 0 aromatic heterocycles. The molecule has 0 nitrogen and oxygen atoms in total. The SMILES string of the molecule is CC(Br)Cc1cccc2ccccc12. The molecular weight excluding hydrogens is 236 g/mol. The average Bonchev–Trinajstić information content (AvgIpc) is 2.18. The molecule has 1 heteroatoms. The number of hydrogen-bond acceptors (Lipinski definition) is 0. The first-order valence-corrected chi connectivity index (χ1v) is 5.79. The molecule has 2 aromatic carbocycles. The van der Waals surface area contributed by atoms with E-state index in [9.17, 15) is 0 Å². The van der Waals surface area contributed by atoms with E-state index in [0.717, 1.165) is 6.42 Å². The first-order chi connectivity index (χ1) is 6.77. The fourth-order valence-electron chi connectivity index (χ4n) is 1.77. The Bertz CT molecular complexity index is 427. The predicted molar refractivity (Wildman–Crippen MR) is 66.0 cm³/mol. The van der Waals surface area contributed by atoms with Crippen molar-refractivity contribution in [3.05, 3.63) is 48.0 Å². The van der Waals surface area contributed by atoms with E-state index < -0.39 is 0 Å². The van der Waals surface area contributed by atoms with Crippen molar-refractivity contribution >= 4 is 26.7 Å². The Kier molecular flexibility index (Phi) is 2.87. The lowest BCUT2D eigenvalue weighted by atomic mass is 10.0. The summed E-state index contributed by atoms with van der Waals surface area (Å²) in [6.45, 7) is 2.18. The molecule has 0 saturated carbocycles. The van der Waals surface area contributed by atoms with Crippen LogP contribution in [0.2, 0.25) is 0 Å². The number of benzene rings is 2. The van der Waals surface area contributed by atoms with Crippen LogP contribution in [0.1, 0.15) is 12.5 Å². The smallest absolute Gasteiger partial charge is 0.0158 e. The van der Waals surface area contributed by atoms with Gasteiger partial charge >= 0.3 is 0 Å². The summed E-state index contributed by atoms with van der Waals surface area (Å²) >= 11 is 3.60. The lowest BCUT2D eigenvalue weighted by molar-refractivity contribution is 0.968. The summed E-state index contributed by atoms with van der Waals surface area (Å²) in [4.78, 5) is 0.535. The maximum atomic E-state index is 3.60. The predicted octanol–water partition coefficient (Wildman–Crippen LogP) is 4.17. The van der Waals surface area contributed by atoms with Gasteiger partial charge in [-0.05, 0) is 22.8 Å².